The van der Waals surface area contributed by atoms with E-state index < -0.39 is 0 Å². The predicted molar refractivity (Wildman–Crippen MR) is 77.3 cm³/mol. The SMILES string of the molecule is CN1CCC(N(CCO)C(=O)c2ncccc2N)CC1. The molecule has 0 unspecified atom stereocenters. The molecule has 0 bridgehead atoms. The molecule has 2 heterocycles. The Labute approximate surface area is 119 Å². The number of aliphatic hydroxyl groups is 1. The van der Waals surface area contributed by atoms with Crippen LogP contribution in [0.3, 0.4) is 0 Å². The summed E-state index contributed by atoms with van der Waals surface area (Å²) in [5.41, 5.74) is 6.49. The first-order valence-corrected chi connectivity index (χ1v) is 6.94. The van der Waals surface area contributed by atoms with Gasteiger partial charge in [-0.1, -0.05) is 0 Å². The number of hydrogen-bond acceptors (Lipinski definition) is 5. The van der Waals surface area contributed by atoms with E-state index in [1.807, 2.05) is 0 Å². The molecule has 1 fully saturated rings. The zero-order valence-electron chi connectivity index (χ0n) is 11.8. The number of piperidine rings is 1. The van der Waals surface area contributed by atoms with Gasteiger partial charge in [-0.3, -0.25) is 4.79 Å². The molecule has 110 valence electrons. The topological polar surface area (TPSA) is 82.7 Å². The molecule has 0 aromatic carbocycles. The van der Waals surface area contributed by atoms with Crippen LogP contribution in [-0.4, -0.2) is 65.1 Å². The van der Waals surface area contributed by atoms with Crippen LogP contribution >= 0.6 is 0 Å². The molecule has 0 aliphatic carbocycles. The zero-order valence-corrected chi connectivity index (χ0v) is 11.8. The quantitative estimate of drug-likeness (QED) is 0.821. The molecule has 0 radical (unpaired) electrons. The molecule has 1 saturated heterocycles. The van der Waals surface area contributed by atoms with Crippen LogP contribution in [0.2, 0.25) is 0 Å². The second kappa shape index (κ2) is 6.67. The summed E-state index contributed by atoms with van der Waals surface area (Å²) in [5, 5.41) is 9.23. The maximum absolute atomic E-state index is 12.6. The fourth-order valence-corrected chi connectivity index (χ4v) is 2.60. The summed E-state index contributed by atoms with van der Waals surface area (Å²) in [6.45, 7) is 2.18. The van der Waals surface area contributed by atoms with Crippen molar-refractivity contribution in [3.05, 3.63) is 24.0 Å². The van der Waals surface area contributed by atoms with E-state index in [4.69, 9.17) is 5.73 Å². The second-order valence-corrected chi connectivity index (χ2v) is 5.20. The highest BCUT2D eigenvalue weighted by Gasteiger charge is 2.28. The smallest absolute Gasteiger partial charge is 0.274 e. The maximum atomic E-state index is 12.6. The fourth-order valence-electron chi connectivity index (χ4n) is 2.60. The number of aliphatic hydroxyl groups excluding tert-OH is 1. The lowest BCUT2D eigenvalue weighted by Gasteiger charge is -2.37. The van der Waals surface area contributed by atoms with Gasteiger partial charge in [-0.15, -0.1) is 0 Å². The van der Waals surface area contributed by atoms with E-state index in [0.717, 1.165) is 25.9 Å². The summed E-state index contributed by atoms with van der Waals surface area (Å²) < 4.78 is 0. The van der Waals surface area contributed by atoms with Crippen molar-refractivity contribution in [2.24, 2.45) is 0 Å². The highest BCUT2D eigenvalue weighted by atomic mass is 16.3. The molecule has 1 aliphatic rings. The minimum absolute atomic E-state index is 0.0508. The number of pyridine rings is 1. The van der Waals surface area contributed by atoms with E-state index in [1.165, 1.54) is 0 Å². The molecule has 1 aliphatic heterocycles. The van der Waals surface area contributed by atoms with Crippen molar-refractivity contribution in [2.45, 2.75) is 18.9 Å². The number of carbonyl (C=O) groups is 1. The Morgan fingerprint density at radius 2 is 2.25 bits per heavy atom. The van der Waals surface area contributed by atoms with Crippen LogP contribution in [0.15, 0.2) is 18.3 Å². The Morgan fingerprint density at radius 1 is 1.55 bits per heavy atom. The fraction of sp³-hybridized carbons (Fsp3) is 0.571. The molecule has 6 nitrogen and oxygen atoms in total. The third-order valence-corrected chi connectivity index (χ3v) is 3.77. The van der Waals surface area contributed by atoms with Gasteiger partial charge < -0.3 is 20.6 Å². The number of rotatable bonds is 4. The summed E-state index contributed by atoms with van der Waals surface area (Å²) >= 11 is 0. The average Bonchev–Trinajstić information content (AvgIpc) is 2.46. The third-order valence-electron chi connectivity index (χ3n) is 3.77. The predicted octanol–water partition coefficient (Wildman–Crippen LogP) is 0.192. The van der Waals surface area contributed by atoms with Crippen molar-refractivity contribution in [3.8, 4) is 0 Å². The van der Waals surface area contributed by atoms with Crippen LogP contribution < -0.4 is 5.73 Å². The van der Waals surface area contributed by atoms with E-state index in [9.17, 15) is 9.90 Å². The molecule has 3 N–H and O–H groups in total. The van der Waals surface area contributed by atoms with Crippen molar-refractivity contribution < 1.29 is 9.90 Å². The van der Waals surface area contributed by atoms with Crippen LogP contribution in [0, 0.1) is 0 Å². The van der Waals surface area contributed by atoms with Gasteiger partial charge in [0.15, 0.2) is 5.69 Å². The standard InChI is InChI=1S/C14H22N4O2/c1-17-7-4-11(5-8-17)18(9-10-19)14(20)13-12(15)3-2-6-16-13/h2-3,6,11,19H,4-5,7-10,15H2,1H3. The van der Waals surface area contributed by atoms with E-state index in [2.05, 4.69) is 16.9 Å². The molecule has 1 aromatic rings. The van der Waals surface area contributed by atoms with Crippen molar-refractivity contribution in [2.75, 3.05) is 39.0 Å². The first kappa shape index (κ1) is 14.7. The molecule has 1 amide bonds. The summed E-state index contributed by atoms with van der Waals surface area (Å²) in [6, 6.07) is 3.52. The van der Waals surface area contributed by atoms with Crippen molar-refractivity contribution >= 4 is 11.6 Å². The normalized spacial score (nSPS) is 17.1. The monoisotopic (exact) mass is 278 g/mol. The number of aromatic nitrogens is 1. The van der Waals surface area contributed by atoms with Gasteiger partial charge in [0, 0.05) is 18.8 Å². The van der Waals surface area contributed by atoms with Gasteiger partial charge in [-0.25, -0.2) is 4.98 Å². The molecule has 20 heavy (non-hydrogen) atoms. The van der Waals surface area contributed by atoms with Crippen LogP contribution in [-0.2, 0) is 0 Å². The highest BCUT2D eigenvalue weighted by molar-refractivity contribution is 5.97. The number of hydrogen-bond donors (Lipinski definition) is 2. The van der Waals surface area contributed by atoms with Gasteiger partial charge in [-0.2, -0.15) is 0 Å². The number of nitrogens with zero attached hydrogens (tertiary/aromatic N) is 3. The van der Waals surface area contributed by atoms with Crippen LogP contribution in [0.1, 0.15) is 23.3 Å². The molecule has 0 saturated carbocycles. The summed E-state index contributed by atoms with van der Waals surface area (Å²) in [6.07, 6.45) is 3.39. The lowest BCUT2D eigenvalue weighted by Crippen LogP contribution is -2.48. The third kappa shape index (κ3) is 3.26. The first-order chi connectivity index (χ1) is 9.63. The Morgan fingerprint density at radius 3 is 2.85 bits per heavy atom. The number of nitrogen functional groups attached to an aromatic ring is 1. The first-order valence-electron chi connectivity index (χ1n) is 6.94. The van der Waals surface area contributed by atoms with Crippen LogP contribution in [0.4, 0.5) is 5.69 Å². The van der Waals surface area contributed by atoms with Crippen molar-refractivity contribution in [1.82, 2.24) is 14.8 Å². The summed E-state index contributed by atoms with van der Waals surface area (Å²) in [7, 11) is 2.07. The molecule has 0 spiro atoms. The number of likely N-dealkylation sites (tertiary alicyclic amines) is 1. The highest BCUT2D eigenvalue weighted by Crippen LogP contribution is 2.19. The van der Waals surface area contributed by atoms with E-state index in [1.54, 1.807) is 23.2 Å². The van der Waals surface area contributed by atoms with Crippen LogP contribution in [0.25, 0.3) is 0 Å². The second-order valence-electron chi connectivity index (χ2n) is 5.20. The van der Waals surface area contributed by atoms with Gasteiger partial charge in [0.2, 0.25) is 0 Å². The lowest BCUT2D eigenvalue weighted by molar-refractivity contribution is 0.0535. The van der Waals surface area contributed by atoms with Gasteiger partial charge in [-0.05, 0) is 45.1 Å². The Hall–Kier alpha value is -1.66. The minimum atomic E-state index is -0.188. The largest absolute Gasteiger partial charge is 0.397 e. The zero-order chi connectivity index (χ0) is 14.5. The van der Waals surface area contributed by atoms with Gasteiger partial charge in [0.05, 0.1) is 12.3 Å². The van der Waals surface area contributed by atoms with Gasteiger partial charge in [0.25, 0.3) is 5.91 Å². The molecule has 6 heteroatoms. The van der Waals surface area contributed by atoms with E-state index in [0.29, 0.717) is 12.2 Å². The number of nitrogens with two attached hydrogens (primary N) is 1. The Bertz CT molecular complexity index is 458. The molecule has 2 rings (SSSR count). The average molecular weight is 278 g/mol. The molecular weight excluding hydrogens is 256 g/mol. The van der Waals surface area contributed by atoms with E-state index >= 15 is 0 Å². The molecule has 1 aromatic heterocycles. The van der Waals surface area contributed by atoms with Crippen molar-refractivity contribution in [3.63, 3.8) is 0 Å². The van der Waals surface area contributed by atoms with Gasteiger partial charge in [0.1, 0.15) is 0 Å². The summed E-state index contributed by atoms with van der Waals surface area (Å²) in [4.78, 5) is 20.6. The van der Waals surface area contributed by atoms with Crippen molar-refractivity contribution in [1.29, 1.82) is 0 Å². The van der Waals surface area contributed by atoms with Gasteiger partial charge >= 0.3 is 0 Å². The molecule has 0 atom stereocenters. The number of amides is 1. The minimum Gasteiger partial charge on any atom is -0.397 e. The Balaban J connectivity index is 2.16. The molecular formula is C14H22N4O2. The number of carbonyl (C=O) groups excluding carboxylic acids is 1. The van der Waals surface area contributed by atoms with E-state index in [-0.39, 0.29) is 24.2 Å². The summed E-state index contributed by atoms with van der Waals surface area (Å²) in [5.74, 6) is -0.188. The number of anilines is 1. The Kier molecular flexibility index (Phi) is 4.92. The lowest BCUT2D eigenvalue weighted by atomic mass is 10.0. The maximum Gasteiger partial charge on any atom is 0.274 e. The van der Waals surface area contributed by atoms with Crippen LogP contribution in [0.5, 0.6) is 0 Å².